The number of benzene rings is 2. The van der Waals surface area contributed by atoms with Gasteiger partial charge in [0.2, 0.25) is 5.88 Å². The quantitative estimate of drug-likeness (QED) is 0.387. The molecule has 1 aliphatic heterocycles. The molecule has 1 aromatic heterocycles. The summed E-state index contributed by atoms with van der Waals surface area (Å²) in [4.78, 5) is 15.4. The molecule has 1 saturated heterocycles. The predicted molar refractivity (Wildman–Crippen MR) is 135 cm³/mol. The third-order valence-corrected chi connectivity index (χ3v) is 7.16. The van der Waals surface area contributed by atoms with Gasteiger partial charge in [0.15, 0.2) is 5.69 Å². The Bertz CT molecular complexity index is 1190. The molecule has 1 amide bonds. The number of hydrogen-bond acceptors (Lipinski definition) is 4. The Hall–Kier alpha value is -2.25. The van der Waals surface area contributed by atoms with Crippen molar-refractivity contribution in [2.24, 2.45) is 0 Å². The van der Waals surface area contributed by atoms with Crippen LogP contribution < -0.4 is 10.1 Å². The molecule has 1 aliphatic carbocycles. The molecule has 2 heterocycles. The minimum absolute atomic E-state index is 0.0901. The Morgan fingerprint density at radius 3 is 2.35 bits per heavy atom. The van der Waals surface area contributed by atoms with Crippen molar-refractivity contribution in [3.8, 4) is 17.3 Å². The van der Waals surface area contributed by atoms with Gasteiger partial charge in [-0.1, -0.05) is 41.2 Å². The van der Waals surface area contributed by atoms with Crippen molar-refractivity contribution in [2.75, 3.05) is 13.1 Å². The van der Waals surface area contributed by atoms with Crippen molar-refractivity contribution in [1.82, 2.24) is 20.0 Å². The fourth-order valence-electron chi connectivity index (χ4n) is 4.23. The van der Waals surface area contributed by atoms with Crippen molar-refractivity contribution in [3.05, 3.63) is 68.8 Å². The summed E-state index contributed by atoms with van der Waals surface area (Å²) >= 11 is 18.8. The Morgan fingerprint density at radius 1 is 1.00 bits per heavy atom. The molecule has 178 valence electrons. The molecular formula is C25H25Cl3N4O2. The smallest absolute Gasteiger partial charge is 0.274 e. The van der Waals surface area contributed by atoms with Gasteiger partial charge in [0.25, 0.3) is 5.91 Å². The SMILES string of the molecule is O=C(c1nn(-c2ccc(Cl)cc2Cl)c(Oc2ccc(Cl)cc2)c1CNC1CCC1)N1CCCC1. The van der Waals surface area contributed by atoms with E-state index in [0.29, 0.717) is 56.2 Å². The number of nitrogens with zero attached hydrogens (tertiary/aromatic N) is 3. The van der Waals surface area contributed by atoms with Crippen LogP contribution in [0.5, 0.6) is 11.6 Å². The van der Waals surface area contributed by atoms with Crippen LogP contribution >= 0.6 is 34.8 Å². The van der Waals surface area contributed by atoms with Gasteiger partial charge in [-0.25, -0.2) is 0 Å². The zero-order chi connectivity index (χ0) is 23.7. The van der Waals surface area contributed by atoms with Crippen LogP contribution in [0.4, 0.5) is 0 Å². The van der Waals surface area contributed by atoms with Gasteiger partial charge in [-0.05, 0) is 68.1 Å². The lowest BCUT2D eigenvalue weighted by Gasteiger charge is -2.26. The lowest BCUT2D eigenvalue weighted by atomic mass is 9.93. The van der Waals surface area contributed by atoms with E-state index >= 15 is 0 Å². The van der Waals surface area contributed by atoms with Crippen molar-refractivity contribution >= 4 is 40.7 Å². The molecule has 9 heteroatoms. The normalized spacial score (nSPS) is 16.0. The van der Waals surface area contributed by atoms with Crippen LogP contribution in [0.3, 0.4) is 0 Å². The number of likely N-dealkylation sites (tertiary alicyclic amines) is 1. The van der Waals surface area contributed by atoms with E-state index in [-0.39, 0.29) is 5.91 Å². The first kappa shape index (κ1) is 23.5. The van der Waals surface area contributed by atoms with E-state index in [1.54, 1.807) is 47.1 Å². The molecule has 6 nitrogen and oxygen atoms in total. The lowest BCUT2D eigenvalue weighted by molar-refractivity contribution is 0.0785. The van der Waals surface area contributed by atoms with Crippen LogP contribution in [0.15, 0.2) is 42.5 Å². The number of amides is 1. The topological polar surface area (TPSA) is 59.4 Å². The van der Waals surface area contributed by atoms with Crippen LogP contribution in [-0.4, -0.2) is 39.7 Å². The van der Waals surface area contributed by atoms with E-state index in [0.717, 1.165) is 38.8 Å². The number of carbonyl (C=O) groups excluding carboxylic acids is 1. The van der Waals surface area contributed by atoms with E-state index < -0.39 is 0 Å². The average Bonchev–Trinajstić information content (AvgIpc) is 3.43. The van der Waals surface area contributed by atoms with Gasteiger partial charge < -0.3 is 15.0 Å². The molecule has 0 bridgehead atoms. The van der Waals surface area contributed by atoms with Crippen LogP contribution in [0.1, 0.15) is 48.2 Å². The molecule has 5 rings (SSSR count). The molecule has 0 radical (unpaired) electrons. The van der Waals surface area contributed by atoms with Gasteiger partial charge in [-0.2, -0.15) is 9.78 Å². The van der Waals surface area contributed by atoms with Gasteiger partial charge in [-0.15, -0.1) is 0 Å². The number of rotatable bonds is 7. The Labute approximate surface area is 213 Å². The molecule has 34 heavy (non-hydrogen) atoms. The minimum atomic E-state index is -0.0901. The second-order valence-electron chi connectivity index (χ2n) is 8.70. The first-order valence-corrected chi connectivity index (χ1v) is 12.7. The highest BCUT2D eigenvalue weighted by atomic mass is 35.5. The fourth-order valence-corrected chi connectivity index (χ4v) is 4.84. The summed E-state index contributed by atoms with van der Waals surface area (Å²) in [5.74, 6) is 0.939. The van der Waals surface area contributed by atoms with Gasteiger partial charge in [0, 0.05) is 35.7 Å². The van der Waals surface area contributed by atoms with Crippen molar-refractivity contribution in [3.63, 3.8) is 0 Å². The Morgan fingerprint density at radius 2 is 1.71 bits per heavy atom. The molecule has 2 aliphatic rings. The largest absolute Gasteiger partial charge is 0.439 e. The third kappa shape index (κ3) is 4.91. The van der Waals surface area contributed by atoms with Gasteiger partial charge in [0.05, 0.1) is 16.3 Å². The van der Waals surface area contributed by atoms with Crippen molar-refractivity contribution < 1.29 is 9.53 Å². The average molecular weight is 520 g/mol. The van der Waals surface area contributed by atoms with Crippen LogP contribution in [-0.2, 0) is 6.54 Å². The molecule has 0 atom stereocenters. The summed E-state index contributed by atoms with van der Waals surface area (Å²) in [6, 6.07) is 12.7. The van der Waals surface area contributed by atoms with Gasteiger partial charge >= 0.3 is 0 Å². The summed E-state index contributed by atoms with van der Waals surface area (Å²) in [6.07, 6.45) is 5.46. The summed E-state index contributed by atoms with van der Waals surface area (Å²) < 4.78 is 7.96. The molecule has 2 aromatic carbocycles. The number of carbonyl (C=O) groups is 1. The zero-order valence-electron chi connectivity index (χ0n) is 18.6. The molecule has 1 saturated carbocycles. The van der Waals surface area contributed by atoms with Crippen molar-refractivity contribution in [2.45, 2.75) is 44.7 Å². The second-order valence-corrected chi connectivity index (χ2v) is 9.98. The number of nitrogens with one attached hydrogen (secondary N) is 1. The van der Waals surface area contributed by atoms with E-state index in [4.69, 9.17) is 44.6 Å². The second kappa shape index (κ2) is 10.2. The van der Waals surface area contributed by atoms with Crippen LogP contribution in [0.2, 0.25) is 15.1 Å². The van der Waals surface area contributed by atoms with E-state index in [9.17, 15) is 4.79 Å². The fraction of sp³-hybridized carbons (Fsp3) is 0.360. The van der Waals surface area contributed by atoms with Gasteiger partial charge in [0.1, 0.15) is 5.75 Å². The van der Waals surface area contributed by atoms with E-state index in [1.807, 2.05) is 4.90 Å². The molecule has 0 spiro atoms. The summed E-state index contributed by atoms with van der Waals surface area (Å²) in [7, 11) is 0. The molecule has 0 unspecified atom stereocenters. The molecule has 1 N–H and O–H groups in total. The van der Waals surface area contributed by atoms with E-state index in [2.05, 4.69) is 5.32 Å². The summed E-state index contributed by atoms with van der Waals surface area (Å²) in [5, 5.41) is 9.86. The van der Waals surface area contributed by atoms with Gasteiger partial charge in [-0.3, -0.25) is 4.79 Å². The Balaban J connectivity index is 1.62. The van der Waals surface area contributed by atoms with E-state index in [1.165, 1.54) is 6.42 Å². The first-order valence-electron chi connectivity index (χ1n) is 11.5. The lowest BCUT2D eigenvalue weighted by Crippen LogP contribution is -2.35. The maximum absolute atomic E-state index is 13.5. The molecular weight excluding hydrogens is 495 g/mol. The monoisotopic (exact) mass is 518 g/mol. The Kier molecular flexibility index (Phi) is 7.02. The van der Waals surface area contributed by atoms with Crippen LogP contribution in [0.25, 0.3) is 5.69 Å². The highest BCUT2D eigenvalue weighted by Crippen LogP contribution is 2.35. The minimum Gasteiger partial charge on any atom is -0.439 e. The summed E-state index contributed by atoms with van der Waals surface area (Å²) in [5.41, 5.74) is 1.67. The van der Waals surface area contributed by atoms with Crippen LogP contribution in [0, 0.1) is 0 Å². The first-order chi connectivity index (χ1) is 16.5. The number of aromatic nitrogens is 2. The van der Waals surface area contributed by atoms with Crippen molar-refractivity contribution in [1.29, 1.82) is 0 Å². The summed E-state index contributed by atoms with van der Waals surface area (Å²) in [6.45, 7) is 1.93. The predicted octanol–water partition coefficient (Wildman–Crippen LogP) is 6.50. The third-order valence-electron chi connectivity index (χ3n) is 6.37. The maximum atomic E-state index is 13.5. The highest BCUT2D eigenvalue weighted by molar-refractivity contribution is 6.35. The number of hydrogen-bond donors (Lipinski definition) is 1. The molecule has 2 fully saturated rings. The maximum Gasteiger partial charge on any atom is 0.274 e. The highest BCUT2D eigenvalue weighted by Gasteiger charge is 2.31. The number of halogens is 3. The standard InChI is InChI=1S/C25H25Cl3N4O2/c26-16-6-9-19(10-7-16)34-25-20(15-29-18-4-3-5-18)23(24(33)31-12-1-2-13-31)30-32(25)22-11-8-17(27)14-21(22)28/h6-11,14,18,29H,1-5,12-13,15H2. The zero-order valence-corrected chi connectivity index (χ0v) is 20.8. The number of ether oxygens (including phenoxy) is 1. The molecule has 3 aromatic rings.